The van der Waals surface area contributed by atoms with Crippen LogP contribution >= 0.6 is 0 Å². The van der Waals surface area contributed by atoms with Crippen LogP contribution in [0, 0.1) is 11.8 Å². The van der Waals surface area contributed by atoms with E-state index in [4.69, 9.17) is 0 Å². The van der Waals surface area contributed by atoms with E-state index in [0.717, 1.165) is 0 Å². The van der Waals surface area contributed by atoms with Gasteiger partial charge in [0.15, 0.2) is 6.71 Å². The third-order valence-electron chi connectivity index (χ3n) is 1.89. The molecule has 0 fully saturated rings. The van der Waals surface area contributed by atoms with Crippen molar-refractivity contribution in [1.29, 1.82) is 0 Å². The second-order valence-corrected chi connectivity index (χ2v) is 3.25. The Hall–Kier alpha value is -0.375. The van der Waals surface area contributed by atoms with Crippen LogP contribution in [-0.4, -0.2) is 6.71 Å². The van der Waals surface area contributed by atoms with Gasteiger partial charge in [-0.2, -0.15) is 0 Å². The summed E-state index contributed by atoms with van der Waals surface area (Å²) in [7, 11) is 0. The van der Waals surface area contributed by atoms with Crippen LogP contribution in [0.2, 0.25) is 19.0 Å². The van der Waals surface area contributed by atoms with Crippen molar-refractivity contribution in [1.82, 2.24) is 0 Å². The summed E-state index contributed by atoms with van der Waals surface area (Å²) < 4.78 is 0. The predicted molar refractivity (Wildman–Crippen MR) is 45.0 cm³/mol. The van der Waals surface area contributed by atoms with Crippen LogP contribution in [0.25, 0.3) is 0 Å². The Balaban J connectivity index is 4.13. The minimum absolute atomic E-state index is 0.189. The van der Waals surface area contributed by atoms with Crippen molar-refractivity contribution in [3.05, 3.63) is 0 Å². The molecule has 0 unspecified atom stereocenters. The zero-order valence-electron chi connectivity index (χ0n) is 7.08. The molecule has 0 heterocycles. The maximum Gasteiger partial charge on any atom is 0.154 e. The van der Waals surface area contributed by atoms with Crippen LogP contribution in [0.1, 0.15) is 20.8 Å². The minimum atomic E-state index is 0.189. The first kappa shape index (κ1) is 8.62. The monoisotopic (exact) mass is 122 g/mol. The molecule has 0 aromatic rings. The van der Waals surface area contributed by atoms with Crippen LogP contribution < -0.4 is 0 Å². The van der Waals surface area contributed by atoms with E-state index in [1.54, 1.807) is 0 Å². The van der Waals surface area contributed by atoms with Gasteiger partial charge in [0.05, 0.1) is 0 Å². The summed E-state index contributed by atoms with van der Waals surface area (Å²) in [6.07, 6.45) is 0. The topological polar surface area (TPSA) is 0 Å². The fraction of sp³-hybridized carbons (Fsp3) is 0.750. The summed E-state index contributed by atoms with van der Waals surface area (Å²) in [5.41, 5.74) is 0. The maximum atomic E-state index is 3.17. The van der Waals surface area contributed by atoms with E-state index < -0.39 is 0 Å². The molecule has 0 spiro atoms. The molecule has 0 saturated carbocycles. The van der Waals surface area contributed by atoms with Gasteiger partial charge in [-0.15, -0.1) is 11.8 Å². The third-order valence-corrected chi connectivity index (χ3v) is 1.89. The van der Waals surface area contributed by atoms with Crippen LogP contribution in [0.5, 0.6) is 0 Å². The zero-order valence-corrected chi connectivity index (χ0v) is 7.08. The molecule has 1 heteroatoms. The van der Waals surface area contributed by atoms with Crippen LogP contribution in [0.15, 0.2) is 0 Å². The smallest absolute Gasteiger partial charge is 0.107 e. The van der Waals surface area contributed by atoms with Crippen molar-refractivity contribution in [3.8, 4) is 11.8 Å². The molecule has 0 aromatic carbocycles. The minimum Gasteiger partial charge on any atom is -0.107 e. The fourth-order valence-electron chi connectivity index (χ4n) is 0.467. The highest BCUT2D eigenvalue weighted by Gasteiger charge is 2.21. The quantitative estimate of drug-likeness (QED) is 0.370. The predicted octanol–water partition coefficient (Wildman–Crippen LogP) is 2.54. The van der Waals surface area contributed by atoms with E-state index >= 15 is 0 Å². The molecule has 50 valence electrons. The number of hydrogen-bond donors (Lipinski definition) is 0. The molecule has 0 saturated heterocycles. The van der Waals surface area contributed by atoms with Crippen LogP contribution in [0.4, 0.5) is 0 Å². The van der Waals surface area contributed by atoms with E-state index in [0.29, 0.717) is 6.71 Å². The lowest BCUT2D eigenvalue weighted by Crippen LogP contribution is -2.18. The van der Waals surface area contributed by atoms with Crippen molar-refractivity contribution in [3.63, 3.8) is 0 Å². The summed E-state index contributed by atoms with van der Waals surface area (Å²) in [4.78, 5) is 0. The van der Waals surface area contributed by atoms with Gasteiger partial charge in [-0.1, -0.05) is 27.5 Å². The molecule has 0 aromatic heterocycles. The Bertz CT molecular complexity index is 134. The van der Waals surface area contributed by atoms with Gasteiger partial charge in [-0.05, 0) is 6.92 Å². The molecule has 0 radical (unpaired) electrons. The second-order valence-electron chi connectivity index (χ2n) is 3.25. The standard InChI is InChI=1S/C8H15B/c1-6-7-8(2,3)9(4)5/h1-5H3. The Morgan fingerprint density at radius 1 is 1.22 bits per heavy atom. The van der Waals surface area contributed by atoms with E-state index in [9.17, 15) is 0 Å². The molecule has 0 rings (SSSR count). The number of rotatable bonds is 1. The Labute approximate surface area is 59.1 Å². The highest BCUT2D eigenvalue weighted by Crippen LogP contribution is 2.26. The summed E-state index contributed by atoms with van der Waals surface area (Å²) in [5, 5.41) is 0.189. The van der Waals surface area contributed by atoms with Gasteiger partial charge >= 0.3 is 0 Å². The Morgan fingerprint density at radius 2 is 1.67 bits per heavy atom. The molecule has 0 nitrogen and oxygen atoms in total. The third kappa shape index (κ3) is 2.60. The molecule has 0 aliphatic rings. The normalized spacial score (nSPS) is 9.89. The zero-order chi connectivity index (χ0) is 7.49. The summed E-state index contributed by atoms with van der Waals surface area (Å²) in [6.45, 7) is 11.3. The maximum absolute atomic E-state index is 3.17. The summed E-state index contributed by atoms with van der Waals surface area (Å²) in [6, 6.07) is 0. The van der Waals surface area contributed by atoms with Gasteiger partial charge in [-0.3, -0.25) is 0 Å². The Morgan fingerprint density at radius 3 is 1.78 bits per heavy atom. The Kier molecular flexibility index (Phi) is 2.84. The van der Waals surface area contributed by atoms with E-state index in [1.165, 1.54) is 0 Å². The summed E-state index contributed by atoms with van der Waals surface area (Å²) >= 11 is 0. The molecule has 0 bridgehead atoms. The van der Waals surface area contributed by atoms with Crippen molar-refractivity contribution in [2.24, 2.45) is 0 Å². The van der Waals surface area contributed by atoms with Gasteiger partial charge < -0.3 is 0 Å². The molecule has 0 N–H and O–H groups in total. The first-order valence-electron chi connectivity index (χ1n) is 3.44. The van der Waals surface area contributed by atoms with Crippen LogP contribution in [0.3, 0.4) is 0 Å². The van der Waals surface area contributed by atoms with E-state index in [-0.39, 0.29) is 5.31 Å². The average Bonchev–Trinajstić information content (AvgIpc) is 1.65. The molecule has 0 aliphatic heterocycles. The first-order valence-corrected chi connectivity index (χ1v) is 3.44. The lowest BCUT2D eigenvalue weighted by Gasteiger charge is -2.19. The van der Waals surface area contributed by atoms with Gasteiger partial charge in [-0.25, -0.2) is 0 Å². The lowest BCUT2D eigenvalue weighted by molar-refractivity contribution is 0.864. The fourth-order valence-corrected chi connectivity index (χ4v) is 0.467. The molecule has 0 aliphatic carbocycles. The molecular formula is C8H15B. The first-order chi connectivity index (χ1) is 4.00. The molecular weight excluding hydrogens is 107 g/mol. The van der Waals surface area contributed by atoms with Crippen molar-refractivity contribution in [2.75, 3.05) is 0 Å². The second kappa shape index (κ2) is 2.96. The summed E-state index contributed by atoms with van der Waals surface area (Å²) in [5.74, 6) is 6.11. The molecule has 0 amide bonds. The van der Waals surface area contributed by atoms with Crippen molar-refractivity contribution >= 4 is 6.71 Å². The largest absolute Gasteiger partial charge is 0.154 e. The average molecular weight is 122 g/mol. The van der Waals surface area contributed by atoms with E-state index in [1.807, 2.05) is 6.92 Å². The van der Waals surface area contributed by atoms with E-state index in [2.05, 4.69) is 39.3 Å². The van der Waals surface area contributed by atoms with Gasteiger partial charge in [0, 0.05) is 5.31 Å². The van der Waals surface area contributed by atoms with Crippen molar-refractivity contribution in [2.45, 2.75) is 39.7 Å². The number of hydrogen-bond acceptors (Lipinski definition) is 0. The molecule has 9 heavy (non-hydrogen) atoms. The highest BCUT2D eigenvalue weighted by molar-refractivity contribution is 6.60. The lowest BCUT2D eigenvalue weighted by atomic mass is 9.38. The SMILES string of the molecule is CC#CC(C)(C)B(C)C. The highest BCUT2D eigenvalue weighted by atomic mass is 14.0. The van der Waals surface area contributed by atoms with Gasteiger partial charge in [0.1, 0.15) is 0 Å². The molecule has 0 atom stereocenters. The van der Waals surface area contributed by atoms with Crippen molar-refractivity contribution < 1.29 is 0 Å². The van der Waals surface area contributed by atoms with Gasteiger partial charge in [0.25, 0.3) is 0 Å². The van der Waals surface area contributed by atoms with Crippen LogP contribution in [-0.2, 0) is 0 Å². The van der Waals surface area contributed by atoms with Gasteiger partial charge in [0.2, 0.25) is 0 Å².